The molecule has 2 nitrogen and oxygen atoms in total. The fraction of sp³-hybridized carbons (Fsp3) is 0.400. The molecule has 0 spiro atoms. The summed E-state index contributed by atoms with van der Waals surface area (Å²) in [5.41, 5.74) is 2.45. The van der Waals surface area contributed by atoms with Crippen LogP contribution in [0.15, 0.2) is 29.2 Å². The van der Waals surface area contributed by atoms with E-state index in [1.165, 1.54) is 27.4 Å². The molecule has 0 N–H and O–H groups in total. The molecule has 1 aromatic heterocycles. The molecule has 100 valence electrons. The van der Waals surface area contributed by atoms with Gasteiger partial charge in [-0.05, 0) is 36.9 Å². The molecule has 0 bridgehead atoms. The molecule has 19 heavy (non-hydrogen) atoms. The largest absolute Gasteiger partial charge is 0.355 e. The van der Waals surface area contributed by atoms with E-state index in [4.69, 9.17) is 4.98 Å². The molecule has 4 heteroatoms. The van der Waals surface area contributed by atoms with Gasteiger partial charge in [-0.3, -0.25) is 0 Å². The van der Waals surface area contributed by atoms with E-state index < -0.39 is 0 Å². The first-order valence-corrected chi connectivity index (χ1v) is 8.94. The van der Waals surface area contributed by atoms with Crippen molar-refractivity contribution >= 4 is 40.2 Å². The monoisotopic (exact) mass is 290 g/mol. The molecule has 1 aliphatic rings. The number of pyridine rings is 1. The van der Waals surface area contributed by atoms with E-state index in [1.54, 1.807) is 11.8 Å². The van der Waals surface area contributed by atoms with Gasteiger partial charge in [0.15, 0.2) is 0 Å². The Morgan fingerprint density at radius 2 is 2.00 bits per heavy atom. The summed E-state index contributed by atoms with van der Waals surface area (Å²) >= 11 is 3.81. The summed E-state index contributed by atoms with van der Waals surface area (Å²) < 4.78 is 0. The van der Waals surface area contributed by atoms with Crippen LogP contribution in [-0.4, -0.2) is 35.8 Å². The second kappa shape index (κ2) is 5.63. The molecular formula is C15H18N2S2. The van der Waals surface area contributed by atoms with Crippen molar-refractivity contribution in [3.63, 3.8) is 0 Å². The molecule has 1 fully saturated rings. The molecule has 2 aromatic rings. The Kier molecular flexibility index (Phi) is 3.89. The molecule has 0 unspecified atom stereocenters. The molecule has 3 rings (SSSR count). The number of anilines is 1. The SMILES string of the molecule is CSc1ccc2c(C)cc(N3CCSCC3)nc2c1. The van der Waals surface area contributed by atoms with E-state index in [0.29, 0.717) is 0 Å². The van der Waals surface area contributed by atoms with Crippen molar-refractivity contribution in [2.24, 2.45) is 0 Å². The first-order valence-electron chi connectivity index (χ1n) is 6.56. The van der Waals surface area contributed by atoms with Crippen LogP contribution >= 0.6 is 23.5 Å². The van der Waals surface area contributed by atoms with Gasteiger partial charge >= 0.3 is 0 Å². The van der Waals surface area contributed by atoms with Gasteiger partial charge in [-0.1, -0.05) is 6.07 Å². The number of aryl methyl sites for hydroxylation is 1. The first-order chi connectivity index (χ1) is 9.28. The molecule has 0 atom stereocenters. The van der Waals surface area contributed by atoms with E-state index in [1.807, 2.05) is 11.8 Å². The topological polar surface area (TPSA) is 16.1 Å². The summed E-state index contributed by atoms with van der Waals surface area (Å²) in [5.74, 6) is 3.57. The summed E-state index contributed by atoms with van der Waals surface area (Å²) in [5, 5.41) is 1.27. The van der Waals surface area contributed by atoms with Crippen LogP contribution in [0.4, 0.5) is 5.82 Å². The van der Waals surface area contributed by atoms with Crippen molar-refractivity contribution in [1.82, 2.24) is 4.98 Å². The second-order valence-corrected chi connectivity index (χ2v) is 6.88. The minimum Gasteiger partial charge on any atom is -0.355 e. The molecule has 1 saturated heterocycles. The van der Waals surface area contributed by atoms with Crippen molar-refractivity contribution in [2.75, 3.05) is 35.8 Å². The maximum Gasteiger partial charge on any atom is 0.129 e. The van der Waals surface area contributed by atoms with Crippen LogP contribution in [0.1, 0.15) is 5.56 Å². The van der Waals surface area contributed by atoms with Gasteiger partial charge in [0.25, 0.3) is 0 Å². The second-order valence-electron chi connectivity index (χ2n) is 4.78. The van der Waals surface area contributed by atoms with Crippen molar-refractivity contribution in [3.05, 3.63) is 29.8 Å². The zero-order valence-corrected chi connectivity index (χ0v) is 13.0. The van der Waals surface area contributed by atoms with Crippen molar-refractivity contribution in [3.8, 4) is 0 Å². The Bertz CT molecular complexity index is 592. The lowest BCUT2D eigenvalue weighted by Gasteiger charge is -2.28. The summed E-state index contributed by atoms with van der Waals surface area (Å²) in [4.78, 5) is 8.57. The Morgan fingerprint density at radius 1 is 1.21 bits per heavy atom. The van der Waals surface area contributed by atoms with Gasteiger partial charge in [-0.2, -0.15) is 11.8 Å². The molecule has 1 aliphatic heterocycles. The minimum absolute atomic E-state index is 1.12. The third kappa shape index (κ3) is 2.70. The zero-order chi connectivity index (χ0) is 13.2. The quantitative estimate of drug-likeness (QED) is 0.781. The van der Waals surface area contributed by atoms with E-state index in [-0.39, 0.29) is 0 Å². The van der Waals surface area contributed by atoms with Crippen LogP contribution in [0.3, 0.4) is 0 Å². The average molecular weight is 290 g/mol. The normalized spacial score (nSPS) is 16.0. The minimum atomic E-state index is 1.12. The fourth-order valence-corrected chi connectivity index (χ4v) is 3.78. The average Bonchev–Trinajstić information content (AvgIpc) is 2.47. The molecule has 0 aliphatic carbocycles. The van der Waals surface area contributed by atoms with E-state index in [9.17, 15) is 0 Å². The number of aromatic nitrogens is 1. The van der Waals surface area contributed by atoms with Gasteiger partial charge in [0.2, 0.25) is 0 Å². The third-order valence-electron chi connectivity index (χ3n) is 3.55. The third-order valence-corrected chi connectivity index (χ3v) is 5.21. The van der Waals surface area contributed by atoms with Crippen molar-refractivity contribution < 1.29 is 0 Å². The summed E-state index contributed by atoms with van der Waals surface area (Å²) in [6.07, 6.45) is 2.11. The first kappa shape index (κ1) is 13.1. The van der Waals surface area contributed by atoms with Crippen LogP contribution in [0.2, 0.25) is 0 Å². The molecule has 0 saturated carbocycles. The molecule has 2 heterocycles. The fourth-order valence-electron chi connectivity index (χ4n) is 2.45. The predicted octanol–water partition coefficient (Wildman–Crippen LogP) is 3.82. The highest BCUT2D eigenvalue weighted by molar-refractivity contribution is 7.99. The van der Waals surface area contributed by atoms with Gasteiger partial charge in [0, 0.05) is 34.9 Å². The smallest absolute Gasteiger partial charge is 0.129 e. The van der Waals surface area contributed by atoms with Gasteiger partial charge in [0.05, 0.1) is 5.52 Å². The van der Waals surface area contributed by atoms with Crippen LogP contribution in [0.25, 0.3) is 10.9 Å². The van der Waals surface area contributed by atoms with Crippen LogP contribution in [0.5, 0.6) is 0 Å². The number of thioether (sulfide) groups is 2. The lowest BCUT2D eigenvalue weighted by molar-refractivity contribution is 0.842. The number of nitrogens with zero attached hydrogens (tertiary/aromatic N) is 2. The maximum atomic E-state index is 4.87. The molecule has 1 aromatic carbocycles. The van der Waals surface area contributed by atoms with Crippen molar-refractivity contribution in [1.29, 1.82) is 0 Å². The summed E-state index contributed by atoms with van der Waals surface area (Å²) in [6, 6.07) is 8.81. The number of fused-ring (bicyclic) bond motifs is 1. The summed E-state index contributed by atoms with van der Waals surface area (Å²) in [6.45, 7) is 4.42. The standard InChI is InChI=1S/C15H18N2S2/c1-11-9-15(17-5-7-19-8-6-17)16-14-10-12(18-2)3-4-13(11)14/h3-4,9-10H,5-8H2,1-2H3. The van der Waals surface area contributed by atoms with Gasteiger partial charge < -0.3 is 4.90 Å². The van der Waals surface area contributed by atoms with E-state index in [2.05, 4.69) is 42.3 Å². The zero-order valence-electron chi connectivity index (χ0n) is 11.3. The Labute approximate surface area is 123 Å². The molecule has 0 radical (unpaired) electrons. The van der Waals surface area contributed by atoms with Crippen LogP contribution < -0.4 is 4.90 Å². The highest BCUT2D eigenvalue weighted by atomic mass is 32.2. The van der Waals surface area contributed by atoms with Crippen molar-refractivity contribution in [2.45, 2.75) is 11.8 Å². The molecule has 0 amide bonds. The maximum absolute atomic E-state index is 4.87. The summed E-state index contributed by atoms with van der Waals surface area (Å²) in [7, 11) is 0. The number of hydrogen-bond acceptors (Lipinski definition) is 4. The highest BCUT2D eigenvalue weighted by Gasteiger charge is 2.14. The Hall–Kier alpha value is -0.870. The van der Waals surface area contributed by atoms with Gasteiger partial charge in [-0.25, -0.2) is 4.98 Å². The van der Waals surface area contributed by atoms with Crippen LogP contribution in [0, 0.1) is 6.92 Å². The number of hydrogen-bond donors (Lipinski definition) is 0. The van der Waals surface area contributed by atoms with Crippen LogP contribution in [-0.2, 0) is 0 Å². The van der Waals surface area contributed by atoms with Gasteiger partial charge in [-0.15, -0.1) is 11.8 Å². The highest BCUT2D eigenvalue weighted by Crippen LogP contribution is 2.27. The van der Waals surface area contributed by atoms with Gasteiger partial charge in [0.1, 0.15) is 5.82 Å². The lowest BCUT2D eigenvalue weighted by Crippen LogP contribution is -2.33. The number of benzene rings is 1. The lowest BCUT2D eigenvalue weighted by atomic mass is 10.1. The predicted molar refractivity (Wildman–Crippen MR) is 87.8 cm³/mol. The van der Waals surface area contributed by atoms with E-state index in [0.717, 1.165) is 24.4 Å². The Balaban J connectivity index is 2.05. The van der Waals surface area contributed by atoms with E-state index >= 15 is 0 Å². The number of rotatable bonds is 2. The molecular weight excluding hydrogens is 272 g/mol. The Morgan fingerprint density at radius 3 is 2.74 bits per heavy atom.